The van der Waals surface area contributed by atoms with Crippen molar-refractivity contribution in [1.29, 1.82) is 0 Å². The lowest BCUT2D eigenvalue weighted by atomic mass is 10.2. The molecule has 1 aromatic heterocycles. The summed E-state index contributed by atoms with van der Waals surface area (Å²) in [5, 5.41) is 0. The predicted molar refractivity (Wildman–Crippen MR) is 135 cm³/mol. The van der Waals surface area contributed by atoms with E-state index in [1.54, 1.807) is 22.1 Å². The molecule has 0 N–H and O–H groups in total. The summed E-state index contributed by atoms with van der Waals surface area (Å²) in [6.07, 6.45) is 1.60. The molecule has 0 radical (unpaired) electrons. The topological polar surface area (TPSA) is 75.5 Å². The molecule has 0 unspecified atom stereocenters. The van der Waals surface area contributed by atoms with E-state index in [4.69, 9.17) is 13.9 Å². The van der Waals surface area contributed by atoms with Gasteiger partial charge < -0.3 is 23.7 Å². The maximum absolute atomic E-state index is 13.5. The molecule has 2 amide bonds. The number of rotatable bonds is 12. The first-order valence-corrected chi connectivity index (χ1v) is 12.3. The molecule has 0 saturated carbocycles. The lowest BCUT2D eigenvalue weighted by Gasteiger charge is -2.31. The van der Waals surface area contributed by atoms with E-state index in [9.17, 15) is 9.59 Å². The number of nitrogens with zero attached hydrogens (tertiary/aromatic N) is 3. The Morgan fingerprint density at radius 1 is 0.833 bits per heavy atom. The molecule has 0 atom stereocenters. The maximum Gasteiger partial charge on any atom is 0.261 e. The standard InChI is InChI=1S/C28H33N3O5/c32-27(31(21-26-12-7-17-35-26)20-24-8-3-1-4-9-24)22-30(14-13-29-15-18-34-19-16-29)28(33)23-36-25-10-5-2-6-11-25/h1-12,17H,13-16,18-23H2. The number of benzene rings is 2. The highest BCUT2D eigenvalue weighted by Gasteiger charge is 2.24. The molecule has 4 rings (SSSR count). The Morgan fingerprint density at radius 2 is 1.56 bits per heavy atom. The molecule has 0 bridgehead atoms. The van der Waals surface area contributed by atoms with Crippen LogP contribution in [0.4, 0.5) is 0 Å². The fourth-order valence-electron chi connectivity index (χ4n) is 4.02. The summed E-state index contributed by atoms with van der Waals surface area (Å²) in [5.74, 6) is 0.940. The van der Waals surface area contributed by atoms with E-state index >= 15 is 0 Å². The van der Waals surface area contributed by atoms with Gasteiger partial charge in [0.1, 0.15) is 11.5 Å². The second kappa shape index (κ2) is 13.5. The van der Waals surface area contributed by atoms with Gasteiger partial charge in [0.15, 0.2) is 6.61 Å². The summed E-state index contributed by atoms with van der Waals surface area (Å²) in [5.41, 5.74) is 1.01. The summed E-state index contributed by atoms with van der Waals surface area (Å²) in [4.78, 5) is 32.3. The Morgan fingerprint density at radius 3 is 2.25 bits per heavy atom. The lowest BCUT2D eigenvalue weighted by Crippen LogP contribution is -2.48. The SMILES string of the molecule is O=C(COc1ccccc1)N(CCN1CCOCC1)CC(=O)N(Cc1ccccc1)Cc1ccco1. The Kier molecular flexibility index (Phi) is 9.53. The zero-order valence-electron chi connectivity index (χ0n) is 20.5. The Bertz CT molecular complexity index is 1050. The summed E-state index contributed by atoms with van der Waals surface area (Å²) >= 11 is 0. The van der Waals surface area contributed by atoms with Crippen molar-refractivity contribution in [2.45, 2.75) is 13.1 Å². The van der Waals surface area contributed by atoms with Gasteiger partial charge in [-0.25, -0.2) is 0 Å². The third kappa shape index (κ3) is 7.96. The van der Waals surface area contributed by atoms with E-state index in [-0.39, 0.29) is 25.0 Å². The third-order valence-corrected chi connectivity index (χ3v) is 6.07. The predicted octanol–water partition coefficient (Wildman–Crippen LogP) is 3.05. The van der Waals surface area contributed by atoms with Gasteiger partial charge in [-0.2, -0.15) is 0 Å². The summed E-state index contributed by atoms with van der Waals surface area (Å²) in [6.45, 7) is 4.68. The van der Waals surface area contributed by atoms with Gasteiger partial charge in [0.2, 0.25) is 5.91 Å². The molecule has 1 fully saturated rings. The van der Waals surface area contributed by atoms with Crippen LogP contribution in [0.5, 0.6) is 5.75 Å². The van der Waals surface area contributed by atoms with Crippen molar-refractivity contribution in [3.05, 3.63) is 90.4 Å². The monoisotopic (exact) mass is 491 g/mol. The average molecular weight is 492 g/mol. The number of carbonyl (C=O) groups excluding carboxylic acids is 2. The van der Waals surface area contributed by atoms with E-state index in [0.29, 0.717) is 50.9 Å². The first-order chi connectivity index (χ1) is 17.7. The van der Waals surface area contributed by atoms with Crippen LogP contribution < -0.4 is 4.74 Å². The number of amides is 2. The van der Waals surface area contributed by atoms with E-state index in [1.807, 2.05) is 66.7 Å². The second-order valence-corrected chi connectivity index (χ2v) is 8.69. The zero-order valence-corrected chi connectivity index (χ0v) is 20.5. The van der Waals surface area contributed by atoms with Crippen LogP contribution >= 0.6 is 0 Å². The van der Waals surface area contributed by atoms with Crippen molar-refractivity contribution in [1.82, 2.24) is 14.7 Å². The number of para-hydroxylation sites is 1. The molecule has 36 heavy (non-hydrogen) atoms. The summed E-state index contributed by atoms with van der Waals surface area (Å²) < 4.78 is 16.6. The van der Waals surface area contributed by atoms with Gasteiger partial charge in [0.25, 0.3) is 5.91 Å². The largest absolute Gasteiger partial charge is 0.484 e. The van der Waals surface area contributed by atoms with Gasteiger partial charge in [-0.15, -0.1) is 0 Å². The van der Waals surface area contributed by atoms with Crippen molar-refractivity contribution in [3.8, 4) is 5.75 Å². The van der Waals surface area contributed by atoms with Crippen LogP contribution in [0.1, 0.15) is 11.3 Å². The Balaban J connectivity index is 1.44. The van der Waals surface area contributed by atoms with E-state index in [1.165, 1.54) is 0 Å². The van der Waals surface area contributed by atoms with Gasteiger partial charge in [-0.1, -0.05) is 48.5 Å². The van der Waals surface area contributed by atoms with Crippen molar-refractivity contribution in [2.75, 3.05) is 52.5 Å². The number of furan rings is 1. The van der Waals surface area contributed by atoms with Crippen molar-refractivity contribution >= 4 is 11.8 Å². The minimum Gasteiger partial charge on any atom is -0.484 e. The van der Waals surface area contributed by atoms with Gasteiger partial charge in [-0.3, -0.25) is 14.5 Å². The van der Waals surface area contributed by atoms with Crippen molar-refractivity contribution in [3.63, 3.8) is 0 Å². The van der Waals surface area contributed by atoms with Gasteiger partial charge in [0.05, 0.1) is 32.6 Å². The number of morpholine rings is 1. The molecule has 1 aliphatic rings. The molecule has 8 heteroatoms. The van der Waals surface area contributed by atoms with Crippen LogP contribution in [0, 0.1) is 0 Å². The van der Waals surface area contributed by atoms with Crippen LogP contribution in [0.25, 0.3) is 0 Å². The lowest BCUT2D eigenvalue weighted by molar-refractivity contribution is -0.142. The molecule has 1 aliphatic heterocycles. The maximum atomic E-state index is 13.5. The third-order valence-electron chi connectivity index (χ3n) is 6.07. The normalized spacial score (nSPS) is 13.8. The quantitative estimate of drug-likeness (QED) is 0.388. The highest BCUT2D eigenvalue weighted by atomic mass is 16.5. The van der Waals surface area contributed by atoms with E-state index in [2.05, 4.69) is 4.90 Å². The van der Waals surface area contributed by atoms with Crippen molar-refractivity contribution in [2.24, 2.45) is 0 Å². The minimum absolute atomic E-state index is 0.0329. The molecule has 190 valence electrons. The summed E-state index contributed by atoms with van der Waals surface area (Å²) in [6, 6.07) is 22.7. The first-order valence-electron chi connectivity index (χ1n) is 12.3. The molecule has 2 heterocycles. The Hall–Kier alpha value is -3.62. The fraction of sp³-hybridized carbons (Fsp3) is 0.357. The first kappa shape index (κ1) is 25.5. The summed E-state index contributed by atoms with van der Waals surface area (Å²) in [7, 11) is 0. The minimum atomic E-state index is -0.224. The number of ether oxygens (including phenoxy) is 2. The molecular weight excluding hydrogens is 458 g/mol. The number of hydrogen-bond acceptors (Lipinski definition) is 6. The van der Waals surface area contributed by atoms with Crippen LogP contribution in [-0.4, -0.2) is 79.1 Å². The van der Waals surface area contributed by atoms with Crippen LogP contribution in [0.3, 0.4) is 0 Å². The van der Waals surface area contributed by atoms with Gasteiger partial charge in [-0.05, 0) is 29.8 Å². The molecule has 0 spiro atoms. The van der Waals surface area contributed by atoms with Gasteiger partial charge >= 0.3 is 0 Å². The van der Waals surface area contributed by atoms with Crippen LogP contribution in [0.15, 0.2) is 83.5 Å². The van der Waals surface area contributed by atoms with E-state index < -0.39 is 0 Å². The highest BCUT2D eigenvalue weighted by molar-refractivity contribution is 5.85. The molecule has 2 aromatic carbocycles. The average Bonchev–Trinajstić information content (AvgIpc) is 3.44. The van der Waals surface area contributed by atoms with Gasteiger partial charge in [0, 0.05) is 32.7 Å². The highest BCUT2D eigenvalue weighted by Crippen LogP contribution is 2.13. The van der Waals surface area contributed by atoms with Crippen LogP contribution in [-0.2, 0) is 27.4 Å². The molecular formula is C28H33N3O5. The second-order valence-electron chi connectivity index (χ2n) is 8.69. The molecule has 1 saturated heterocycles. The van der Waals surface area contributed by atoms with E-state index in [0.717, 1.165) is 18.7 Å². The smallest absolute Gasteiger partial charge is 0.261 e. The molecule has 8 nitrogen and oxygen atoms in total. The Labute approximate surface area is 212 Å². The number of hydrogen-bond donors (Lipinski definition) is 0. The molecule has 0 aliphatic carbocycles. The van der Waals surface area contributed by atoms with Crippen LogP contribution in [0.2, 0.25) is 0 Å². The zero-order chi connectivity index (χ0) is 25.0. The van der Waals surface area contributed by atoms with Crippen molar-refractivity contribution < 1.29 is 23.5 Å². The fourth-order valence-corrected chi connectivity index (χ4v) is 4.02. The number of carbonyl (C=O) groups is 2. The molecule has 3 aromatic rings.